The number of rotatable bonds is 6. The van der Waals surface area contributed by atoms with Gasteiger partial charge in [-0.2, -0.15) is 0 Å². The molecule has 0 bridgehead atoms. The summed E-state index contributed by atoms with van der Waals surface area (Å²) in [5, 5.41) is 12.1. The average molecular weight is 292 g/mol. The van der Waals surface area contributed by atoms with Crippen molar-refractivity contribution in [3.63, 3.8) is 0 Å². The van der Waals surface area contributed by atoms with Crippen LogP contribution in [0.15, 0.2) is 24.3 Å². The Balaban J connectivity index is 2.82. The molecule has 1 unspecified atom stereocenters. The molecule has 1 amide bonds. The number of amides is 1. The van der Waals surface area contributed by atoms with E-state index in [1.54, 1.807) is 13.0 Å². The maximum atomic E-state index is 12.1. The number of carboxylic acids is 1. The normalized spacial score (nSPS) is 13.6. The Morgan fingerprint density at radius 2 is 1.95 bits per heavy atom. The Bertz CT molecular complexity index is 526. The van der Waals surface area contributed by atoms with Gasteiger partial charge in [-0.1, -0.05) is 19.9 Å². The third-order valence-electron chi connectivity index (χ3n) is 3.94. The summed E-state index contributed by atoms with van der Waals surface area (Å²) in [6.45, 7) is 5.23. The average Bonchev–Trinajstić information content (AvgIpc) is 2.38. The molecule has 0 aromatic heterocycles. The lowest BCUT2D eigenvalue weighted by Crippen LogP contribution is -2.37. The monoisotopic (exact) mass is 292 g/mol. The standard InChI is InChI=1S/C16H24N2O3/c1-11(2)16(3,15(20)21)10-14(19)17-12-7-6-8-13(9-12)18(4)5/h6-9,11H,10H2,1-5H3,(H,17,19)(H,20,21). The summed E-state index contributed by atoms with van der Waals surface area (Å²) in [6.07, 6.45) is -0.0494. The van der Waals surface area contributed by atoms with Crippen molar-refractivity contribution in [3.8, 4) is 0 Å². The molecule has 0 aliphatic heterocycles. The highest BCUT2D eigenvalue weighted by molar-refractivity contribution is 5.94. The van der Waals surface area contributed by atoms with Gasteiger partial charge in [0.05, 0.1) is 5.41 Å². The number of anilines is 2. The molecule has 0 aliphatic carbocycles. The van der Waals surface area contributed by atoms with Gasteiger partial charge in [0, 0.05) is 31.9 Å². The summed E-state index contributed by atoms with van der Waals surface area (Å²) in [7, 11) is 3.84. The zero-order valence-electron chi connectivity index (χ0n) is 13.3. The van der Waals surface area contributed by atoms with Crippen LogP contribution >= 0.6 is 0 Å². The minimum atomic E-state index is -1.07. The number of carbonyl (C=O) groups excluding carboxylic acids is 1. The lowest BCUT2D eigenvalue weighted by Gasteiger charge is -2.28. The summed E-state index contributed by atoms with van der Waals surface area (Å²) in [6, 6.07) is 7.43. The highest BCUT2D eigenvalue weighted by Gasteiger charge is 2.38. The number of benzene rings is 1. The quantitative estimate of drug-likeness (QED) is 0.846. The predicted molar refractivity (Wildman–Crippen MR) is 84.6 cm³/mol. The Kier molecular flexibility index (Phi) is 5.35. The minimum absolute atomic E-state index is 0.0494. The van der Waals surface area contributed by atoms with E-state index in [0.717, 1.165) is 5.69 Å². The second kappa shape index (κ2) is 6.61. The molecule has 0 fully saturated rings. The lowest BCUT2D eigenvalue weighted by atomic mass is 9.76. The number of hydrogen-bond donors (Lipinski definition) is 2. The molecular weight excluding hydrogens is 268 g/mol. The van der Waals surface area contributed by atoms with Gasteiger partial charge in [0.15, 0.2) is 0 Å². The maximum absolute atomic E-state index is 12.1. The molecule has 1 rings (SSSR count). The summed E-state index contributed by atoms with van der Waals surface area (Å²) in [4.78, 5) is 25.5. The Morgan fingerprint density at radius 1 is 1.33 bits per heavy atom. The fraction of sp³-hybridized carbons (Fsp3) is 0.500. The van der Waals surface area contributed by atoms with E-state index in [0.29, 0.717) is 5.69 Å². The predicted octanol–water partition coefficient (Wildman–Crippen LogP) is 2.83. The Labute approximate surface area is 126 Å². The van der Waals surface area contributed by atoms with Crippen LogP contribution in [0, 0.1) is 11.3 Å². The minimum Gasteiger partial charge on any atom is -0.481 e. The first-order chi connectivity index (χ1) is 9.66. The van der Waals surface area contributed by atoms with Crippen LogP contribution < -0.4 is 10.2 Å². The van der Waals surface area contributed by atoms with E-state index in [9.17, 15) is 14.7 Å². The molecule has 5 heteroatoms. The molecule has 0 spiro atoms. The van der Waals surface area contributed by atoms with Gasteiger partial charge in [-0.15, -0.1) is 0 Å². The van der Waals surface area contributed by atoms with Crippen molar-refractivity contribution in [3.05, 3.63) is 24.3 Å². The molecule has 1 aromatic carbocycles. The van der Waals surface area contributed by atoms with Gasteiger partial charge in [-0.3, -0.25) is 9.59 Å². The van der Waals surface area contributed by atoms with Crippen LogP contribution in [0.1, 0.15) is 27.2 Å². The summed E-state index contributed by atoms with van der Waals surface area (Å²) < 4.78 is 0. The van der Waals surface area contributed by atoms with Crippen molar-refractivity contribution < 1.29 is 14.7 Å². The molecule has 2 N–H and O–H groups in total. The largest absolute Gasteiger partial charge is 0.481 e. The molecule has 0 saturated heterocycles. The molecule has 21 heavy (non-hydrogen) atoms. The van der Waals surface area contributed by atoms with Gasteiger partial charge in [0.25, 0.3) is 0 Å². The van der Waals surface area contributed by atoms with E-state index in [-0.39, 0.29) is 18.2 Å². The van der Waals surface area contributed by atoms with Gasteiger partial charge in [-0.25, -0.2) is 0 Å². The highest BCUT2D eigenvalue weighted by Crippen LogP contribution is 2.32. The molecule has 0 radical (unpaired) electrons. The fourth-order valence-corrected chi connectivity index (χ4v) is 1.93. The fourth-order valence-electron chi connectivity index (χ4n) is 1.93. The van der Waals surface area contributed by atoms with Crippen molar-refractivity contribution in [2.45, 2.75) is 27.2 Å². The highest BCUT2D eigenvalue weighted by atomic mass is 16.4. The number of carboxylic acid groups (broad SMARTS) is 1. The van der Waals surface area contributed by atoms with Crippen LogP contribution in [-0.4, -0.2) is 31.1 Å². The van der Waals surface area contributed by atoms with Gasteiger partial charge in [0.2, 0.25) is 5.91 Å². The van der Waals surface area contributed by atoms with Crippen LogP contribution in [0.3, 0.4) is 0 Å². The van der Waals surface area contributed by atoms with E-state index in [1.807, 2.05) is 51.0 Å². The third kappa shape index (κ3) is 4.21. The molecule has 5 nitrogen and oxygen atoms in total. The molecule has 0 saturated carbocycles. The van der Waals surface area contributed by atoms with Crippen LogP contribution in [0.4, 0.5) is 11.4 Å². The van der Waals surface area contributed by atoms with Crippen LogP contribution in [0.5, 0.6) is 0 Å². The van der Waals surface area contributed by atoms with E-state index in [4.69, 9.17) is 0 Å². The lowest BCUT2D eigenvalue weighted by molar-refractivity contribution is -0.153. The maximum Gasteiger partial charge on any atom is 0.310 e. The third-order valence-corrected chi connectivity index (χ3v) is 3.94. The van der Waals surface area contributed by atoms with Gasteiger partial charge in [0.1, 0.15) is 0 Å². The molecule has 1 aromatic rings. The van der Waals surface area contributed by atoms with E-state index >= 15 is 0 Å². The first-order valence-corrected chi connectivity index (χ1v) is 6.97. The molecule has 1 atom stereocenters. The smallest absolute Gasteiger partial charge is 0.310 e. The van der Waals surface area contributed by atoms with Gasteiger partial charge >= 0.3 is 5.97 Å². The summed E-state index contributed by atoms with van der Waals surface area (Å²) in [5.41, 5.74) is 0.573. The van der Waals surface area contributed by atoms with E-state index in [2.05, 4.69) is 5.32 Å². The second-order valence-corrected chi connectivity index (χ2v) is 6.05. The van der Waals surface area contributed by atoms with Crippen LogP contribution in [-0.2, 0) is 9.59 Å². The van der Waals surface area contributed by atoms with Crippen LogP contribution in [0.2, 0.25) is 0 Å². The number of carbonyl (C=O) groups is 2. The van der Waals surface area contributed by atoms with Crippen molar-refractivity contribution in [2.24, 2.45) is 11.3 Å². The van der Waals surface area contributed by atoms with Gasteiger partial charge < -0.3 is 15.3 Å². The van der Waals surface area contributed by atoms with Gasteiger partial charge in [-0.05, 0) is 31.0 Å². The zero-order valence-corrected chi connectivity index (χ0v) is 13.3. The second-order valence-electron chi connectivity index (χ2n) is 6.05. The first-order valence-electron chi connectivity index (χ1n) is 6.97. The summed E-state index contributed by atoms with van der Waals surface area (Å²) in [5.74, 6) is -1.37. The van der Waals surface area contributed by atoms with Crippen molar-refractivity contribution in [2.75, 3.05) is 24.3 Å². The molecule has 0 aliphatic rings. The molecule has 116 valence electrons. The van der Waals surface area contributed by atoms with Crippen molar-refractivity contribution in [1.29, 1.82) is 0 Å². The number of hydrogen-bond acceptors (Lipinski definition) is 3. The Hall–Kier alpha value is -2.04. The molecule has 0 heterocycles. The van der Waals surface area contributed by atoms with Crippen molar-refractivity contribution >= 4 is 23.3 Å². The molecular formula is C16H24N2O3. The zero-order chi connectivity index (χ0) is 16.2. The number of aliphatic carboxylic acids is 1. The SMILES string of the molecule is CC(C)C(C)(CC(=O)Nc1cccc(N(C)C)c1)C(=O)O. The number of nitrogens with one attached hydrogen (secondary N) is 1. The van der Waals surface area contributed by atoms with E-state index < -0.39 is 11.4 Å². The van der Waals surface area contributed by atoms with E-state index in [1.165, 1.54) is 0 Å². The topological polar surface area (TPSA) is 69.6 Å². The number of nitrogens with zero attached hydrogens (tertiary/aromatic N) is 1. The van der Waals surface area contributed by atoms with Crippen LogP contribution in [0.25, 0.3) is 0 Å². The first kappa shape index (κ1) is 17.0. The summed E-state index contributed by atoms with van der Waals surface area (Å²) >= 11 is 0. The van der Waals surface area contributed by atoms with Crippen molar-refractivity contribution in [1.82, 2.24) is 0 Å². The Morgan fingerprint density at radius 3 is 2.43 bits per heavy atom.